The number of rotatable bonds is 4. The molecule has 2 aromatic rings. The molecule has 0 aliphatic carbocycles. The lowest BCUT2D eigenvalue weighted by molar-refractivity contribution is 0.278. The van der Waals surface area contributed by atoms with Gasteiger partial charge in [-0.25, -0.2) is 4.39 Å². The molecule has 0 aliphatic rings. The number of halogens is 1. The van der Waals surface area contributed by atoms with E-state index >= 15 is 0 Å². The van der Waals surface area contributed by atoms with Crippen LogP contribution in [-0.2, 0) is 13.7 Å². The van der Waals surface area contributed by atoms with Crippen molar-refractivity contribution < 1.29 is 9.13 Å². The zero-order valence-electron chi connectivity index (χ0n) is 14.3. The first-order valence-corrected chi connectivity index (χ1v) is 7.60. The third-order valence-corrected chi connectivity index (χ3v) is 4.23. The van der Waals surface area contributed by atoms with Gasteiger partial charge >= 0.3 is 0 Å². The first kappa shape index (κ1) is 16.5. The Morgan fingerprint density at radius 2 is 1.95 bits per heavy atom. The van der Waals surface area contributed by atoms with Crippen LogP contribution in [0.15, 0.2) is 24.3 Å². The minimum Gasteiger partial charge on any atom is -0.484 e. The van der Waals surface area contributed by atoms with E-state index in [9.17, 15) is 4.39 Å². The predicted molar refractivity (Wildman–Crippen MR) is 86.5 cm³/mol. The summed E-state index contributed by atoms with van der Waals surface area (Å²) in [5, 5.41) is 4.27. The summed E-state index contributed by atoms with van der Waals surface area (Å²) in [6, 6.07) is 7.09. The van der Waals surface area contributed by atoms with Crippen LogP contribution in [0.3, 0.4) is 0 Å². The van der Waals surface area contributed by atoms with Crippen molar-refractivity contribution in [3.05, 3.63) is 47.0 Å². The lowest BCUT2D eigenvalue weighted by atomic mass is 9.78. The van der Waals surface area contributed by atoms with Gasteiger partial charge in [0.25, 0.3) is 0 Å². The molecule has 1 atom stereocenters. The highest BCUT2D eigenvalue weighted by atomic mass is 19.1. The van der Waals surface area contributed by atoms with E-state index in [2.05, 4.69) is 32.8 Å². The fraction of sp³-hybridized carbons (Fsp3) is 0.500. The Balaban J connectivity index is 2.19. The number of ether oxygens (including phenoxy) is 1. The molecule has 1 unspecified atom stereocenters. The smallest absolute Gasteiger partial charge is 0.165 e. The summed E-state index contributed by atoms with van der Waals surface area (Å²) in [7, 11) is 1.86. The van der Waals surface area contributed by atoms with Gasteiger partial charge in [0.2, 0.25) is 0 Å². The number of aromatic nitrogens is 2. The summed E-state index contributed by atoms with van der Waals surface area (Å²) >= 11 is 0. The third kappa shape index (κ3) is 3.67. The standard InChI is InChI=1S/C18H25FN2O/c1-12-9-15(21(6)20-12)11-22-17-10-14(7-8-16(17)19)13(2)18(3,4)5/h7-10,13H,11H2,1-6H3. The number of hydrogen-bond donors (Lipinski definition) is 0. The summed E-state index contributed by atoms with van der Waals surface area (Å²) in [6.07, 6.45) is 0. The molecule has 0 saturated heterocycles. The summed E-state index contributed by atoms with van der Waals surface area (Å²) in [4.78, 5) is 0. The van der Waals surface area contributed by atoms with Crippen molar-refractivity contribution in [2.24, 2.45) is 12.5 Å². The van der Waals surface area contributed by atoms with Crippen LogP contribution < -0.4 is 4.74 Å². The fourth-order valence-electron chi connectivity index (χ4n) is 2.35. The SMILES string of the molecule is Cc1cc(COc2cc(C(C)C(C)(C)C)ccc2F)n(C)n1. The van der Waals surface area contributed by atoms with Crippen LogP contribution in [0.4, 0.5) is 4.39 Å². The highest BCUT2D eigenvalue weighted by molar-refractivity contribution is 5.33. The Hall–Kier alpha value is -1.84. The van der Waals surface area contributed by atoms with Crippen LogP contribution in [0, 0.1) is 18.2 Å². The van der Waals surface area contributed by atoms with Gasteiger partial charge in [-0.1, -0.05) is 33.8 Å². The monoisotopic (exact) mass is 304 g/mol. The van der Waals surface area contributed by atoms with E-state index in [4.69, 9.17) is 4.74 Å². The molecule has 2 rings (SSSR count). The van der Waals surface area contributed by atoms with Gasteiger partial charge in [-0.3, -0.25) is 4.68 Å². The van der Waals surface area contributed by atoms with Crippen molar-refractivity contribution in [2.75, 3.05) is 0 Å². The molecule has 120 valence electrons. The van der Waals surface area contributed by atoms with Crippen molar-refractivity contribution in [3.63, 3.8) is 0 Å². The lowest BCUT2D eigenvalue weighted by Crippen LogP contribution is -2.15. The van der Waals surface area contributed by atoms with Gasteiger partial charge in [-0.2, -0.15) is 5.10 Å². The number of nitrogens with zero attached hydrogens (tertiary/aromatic N) is 2. The van der Waals surface area contributed by atoms with E-state index in [1.807, 2.05) is 32.2 Å². The van der Waals surface area contributed by atoms with Crippen molar-refractivity contribution >= 4 is 0 Å². The summed E-state index contributed by atoms with van der Waals surface area (Å²) in [5.74, 6) is 0.283. The Labute approximate surface area is 132 Å². The second-order valence-corrected chi connectivity index (χ2v) is 6.97. The first-order valence-electron chi connectivity index (χ1n) is 7.60. The molecule has 0 fully saturated rings. The minimum absolute atomic E-state index is 0.119. The van der Waals surface area contributed by atoms with Gasteiger partial charge in [0, 0.05) is 7.05 Å². The van der Waals surface area contributed by atoms with Crippen LogP contribution in [0.5, 0.6) is 5.75 Å². The van der Waals surface area contributed by atoms with E-state index in [-0.39, 0.29) is 11.2 Å². The molecule has 1 heterocycles. The molecule has 0 spiro atoms. The van der Waals surface area contributed by atoms with Crippen molar-refractivity contribution in [3.8, 4) is 5.75 Å². The van der Waals surface area contributed by atoms with Crippen LogP contribution in [0.1, 0.15) is 50.6 Å². The largest absolute Gasteiger partial charge is 0.484 e. The second-order valence-electron chi connectivity index (χ2n) is 6.97. The molecule has 1 aromatic carbocycles. The lowest BCUT2D eigenvalue weighted by Gasteiger charge is -2.28. The van der Waals surface area contributed by atoms with Gasteiger partial charge in [0.15, 0.2) is 11.6 Å². The first-order chi connectivity index (χ1) is 10.2. The molecule has 0 N–H and O–H groups in total. The van der Waals surface area contributed by atoms with Crippen molar-refractivity contribution in [1.82, 2.24) is 9.78 Å². The zero-order valence-corrected chi connectivity index (χ0v) is 14.3. The normalized spacial score (nSPS) is 13.2. The molecular weight excluding hydrogens is 279 g/mol. The van der Waals surface area contributed by atoms with E-state index < -0.39 is 0 Å². The Bertz CT molecular complexity index is 656. The summed E-state index contributed by atoms with van der Waals surface area (Å²) < 4.78 is 21.4. The molecule has 3 nitrogen and oxygen atoms in total. The van der Waals surface area contributed by atoms with Gasteiger partial charge in [-0.15, -0.1) is 0 Å². The average molecular weight is 304 g/mol. The molecular formula is C18H25FN2O. The molecule has 0 amide bonds. The maximum absolute atomic E-state index is 14.0. The van der Waals surface area contributed by atoms with Crippen molar-refractivity contribution in [2.45, 2.75) is 47.1 Å². The van der Waals surface area contributed by atoms with Crippen molar-refractivity contribution in [1.29, 1.82) is 0 Å². The van der Waals surface area contributed by atoms with Crippen LogP contribution in [0.25, 0.3) is 0 Å². The highest BCUT2D eigenvalue weighted by Gasteiger charge is 2.22. The number of hydrogen-bond acceptors (Lipinski definition) is 2. The molecule has 0 aliphatic heterocycles. The molecule has 22 heavy (non-hydrogen) atoms. The average Bonchev–Trinajstić information content (AvgIpc) is 2.74. The highest BCUT2D eigenvalue weighted by Crippen LogP contribution is 2.36. The topological polar surface area (TPSA) is 27.1 Å². The molecule has 4 heteroatoms. The quantitative estimate of drug-likeness (QED) is 0.825. The zero-order chi connectivity index (χ0) is 16.5. The van der Waals surface area contributed by atoms with E-state index in [0.717, 1.165) is 17.0 Å². The van der Waals surface area contributed by atoms with Crippen LogP contribution in [0.2, 0.25) is 0 Å². The molecule has 0 saturated carbocycles. The maximum Gasteiger partial charge on any atom is 0.165 e. The molecule has 0 bridgehead atoms. The van der Waals surface area contributed by atoms with Gasteiger partial charge in [0.05, 0.1) is 11.4 Å². The van der Waals surface area contributed by atoms with E-state index in [1.165, 1.54) is 6.07 Å². The van der Waals surface area contributed by atoms with Gasteiger partial charge in [0.1, 0.15) is 6.61 Å². The number of benzene rings is 1. The van der Waals surface area contributed by atoms with Crippen LogP contribution in [-0.4, -0.2) is 9.78 Å². The fourth-order valence-corrected chi connectivity index (χ4v) is 2.35. The maximum atomic E-state index is 14.0. The third-order valence-electron chi connectivity index (χ3n) is 4.23. The number of aryl methyl sites for hydroxylation is 2. The van der Waals surface area contributed by atoms with Gasteiger partial charge in [-0.05, 0) is 42.0 Å². The Kier molecular flexibility index (Phi) is 4.59. The Morgan fingerprint density at radius 3 is 2.50 bits per heavy atom. The molecule has 0 radical (unpaired) electrons. The molecule has 1 aromatic heterocycles. The Morgan fingerprint density at radius 1 is 1.27 bits per heavy atom. The second kappa shape index (κ2) is 6.11. The van der Waals surface area contributed by atoms with E-state index in [0.29, 0.717) is 18.3 Å². The van der Waals surface area contributed by atoms with Crippen LogP contribution >= 0.6 is 0 Å². The minimum atomic E-state index is -0.330. The predicted octanol–water partition coefficient (Wildman–Crippen LogP) is 4.60. The summed E-state index contributed by atoms with van der Waals surface area (Å²) in [6.45, 7) is 10.9. The summed E-state index contributed by atoms with van der Waals surface area (Å²) in [5.41, 5.74) is 3.06. The van der Waals surface area contributed by atoms with E-state index in [1.54, 1.807) is 4.68 Å². The van der Waals surface area contributed by atoms with Gasteiger partial charge < -0.3 is 4.74 Å².